The van der Waals surface area contributed by atoms with Crippen LogP contribution in [0.5, 0.6) is 5.75 Å². The van der Waals surface area contributed by atoms with Crippen molar-refractivity contribution in [1.29, 1.82) is 0 Å². The second-order valence-electron chi connectivity index (χ2n) is 4.76. The monoisotopic (exact) mass is 284 g/mol. The van der Waals surface area contributed by atoms with E-state index in [9.17, 15) is 4.79 Å². The molecule has 0 aromatic heterocycles. The lowest BCUT2D eigenvalue weighted by Gasteiger charge is -2.10. The zero-order chi connectivity index (χ0) is 14.3. The summed E-state index contributed by atoms with van der Waals surface area (Å²) in [5, 5.41) is 0.568. The lowest BCUT2D eigenvalue weighted by Crippen LogP contribution is -2.10. The molecule has 19 heavy (non-hydrogen) atoms. The van der Waals surface area contributed by atoms with E-state index < -0.39 is 0 Å². The number of ether oxygens (including phenoxy) is 2. The van der Waals surface area contributed by atoms with Gasteiger partial charge in [-0.15, -0.1) is 0 Å². The number of rotatable bonds is 8. The average molecular weight is 285 g/mol. The minimum absolute atomic E-state index is 0.0433. The highest BCUT2D eigenvalue weighted by molar-refractivity contribution is 6.32. The summed E-state index contributed by atoms with van der Waals surface area (Å²) in [6.45, 7) is 5.01. The molecule has 0 saturated heterocycles. The van der Waals surface area contributed by atoms with Gasteiger partial charge in [0, 0.05) is 32.5 Å². The Bertz CT molecular complexity index is 416. The van der Waals surface area contributed by atoms with E-state index in [4.69, 9.17) is 21.1 Å². The van der Waals surface area contributed by atoms with Crippen LogP contribution in [-0.2, 0) is 16.0 Å². The van der Waals surface area contributed by atoms with Gasteiger partial charge in [-0.3, -0.25) is 4.79 Å². The molecular formula is C15H21ClO3. The summed E-state index contributed by atoms with van der Waals surface area (Å²) in [5.41, 5.74) is 0.935. The van der Waals surface area contributed by atoms with Crippen LogP contribution in [0.25, 0.3) is 0 Å². The third-order valence-electron chi connectivity index (χ3n) is 2.77. The molecule has 0 radical (unpaired) electrons. The Balaban J connectivity index is 2.63. The van der Waals surface area contributed by atoms with Crippen molar-refractivity contribution < 1.29 is 14.3 Å². The van der Waals surface area contributed by atoms with E-state index in [1.165, 1.54) is 0 Å². The van der Waals surface area contributed by atoms with Gasteiger partial charge in [0.15, 0.2) is 0 Å². The maximum absolute atomic E-state index is 11.7. The molecule has 106 valence electrons. The van der Waals surface area contributed by atoms with Crippen LogP contribution in [0.15, 0.2) is 18.2 Å². The van der Waals surface area contributed by atoms with Gasteiger partial charge in [0.1, 0.15) is 11.5 Å². The molecule has 0 spiro atoms. The molecule has 1 rings (SSSR count). The first-order valence-electron chi connectivity index (χ1n) is 6.47. The van der Waals surface area contributed by atoms with E-state index in [2.05, 4.69) is 0 Å². The molecule has 0 aliphatic heterocycles. The molecule has 0 aliphatic carbocycles. The van der Waals surface area contributed by atoms with Gasteiger partial charge in [-0.25, -0.2) is 0 Å². The van der Waals surface area contributed by atoms with Crippen LogP contribution >= 0.6 is 11.6 Å². The van der Waals surface area contributed by atoms with Gasteiger partial charge < -0.3 is 9.47 Å². The summed E-state index contributed by atoms with van der Waals surface area (Å²) in [7, 11) is 1.66. The summed E-state index contributed by atoms with van der Waals surface area (Å²) < 4.78 is 10.6. The van der Waals surface area contributed by atoms with E-state index in [1.54, 1.807) is 13.2 Å². The van der Waals surface area contributed by atoms with E-state index in [0.29, 0.717) is 30.4 Å². The zero-order valence-corrected chi connectivity index (χ0v) is 12.5. The Kier molecular flexibility index (Phi) is 6.89. The van der Waals surface area contributed by atoms with E-state index in [1.807, 2.05) is 26.0 Å². The molecular weight excluding hydrogens is 264 g/mol. The molecule has 1 aromatic rings. The highest BCUT2D eigenvalue weighted by Gasteiger charge is 2.10. The van der Waals surface area contributed by atoms with Gasteiger partial charge in [-0.05, 0) is 17.7 Å². The molecule has 0 atom stereocenters. The van der Waals surface area contributed by atoms with Crippen molar-refractivity contribution >= 4 is 17.4 Å². The van der Waals surface area contributed by atoms with Gasteiger partial charge in [0.2, 0.25) is 0 Å². The first-order valence-corrected chi connectivity index (χ1v) is 6.85. The van der Waals surface area contributed by atoms with Crippen molar-refractivity contribution in [2.75, 3.05) is 20.3 Å². The molecule has 0 unspecified atom stereocenters. The normalized spacial score (nSPS) is 10.8. The summed E-state index contributed by atoms with van der Waals surface area (Å²) in [6.07, 6.45) is 1.23. The predicted molar refractivity (Wildman–Crippen MR) is 77.0 cm³/mol. The number of halogens is 1. The van der Waals surface area contributed by atoms with Gasteiger partial charge in [-0.1, -0.05) is 31.5 Å². The minimum atomic E-state index is 0.0433. The molecule has 3 nitrogen and oxygen atoms in total. The third-order valence-corrected chi connectivity index (χ3v) is 3.08. The summed E-state index contributed by atoms with van der Waals surface area (Å²) in [4.78, 5) is 11.7. The van der Waals surface area contributed by atoms with Crippen LogP contribution < -0.4 is 4.74 Å². The highest BCUT2D eigenvalue weighted by atomic mass is 35.5. The molecule has 0 bridgehead atoms. The smallest absolute Gasteiger partial charge is 0.139 e. The molecule has 0 aliphatic rings. The fourth-order valence-corrected chi connectivity index (χ4v) is 1.73. The summed E-state index contributed by atoms with van der Waals surface area (Å²) in [5.74, 6) is 0.890. The number of ketones is 1. The number of carbonyl (C=O) groups excluding carboxylic acids is 1. The first-order chi connectivity index (χ1) is 9.04. The molecule has 4 heteroatoms. The van der Waals surface area contributed by atoms with E-state index in [-0.39, 0.29) is 11.7 Å². The standard InChI is InChI=1S/C15H21ClO3/c1-11(2)14(17)9-12-5-6-13(16)15(10-12)19-8-4-7-18-3/h5-6,10-11H,4,7-9H2,1-3H3. The maximum Gasteiger partial charge on any atom is 0.139 e. The van der Waals surface area contributed by atoms with Crippen LogP contribution in [0.2, 0.25) is 5.02 Å². The Morgan fingerprint density at radius 2 is 2.05 bits per heavy atom. The third kappa shape index (κ3) is 5.62. The fraction of sp³-hybridized carbons (Fsp3) is 0.533. The minimum Gasteiger partial charge on any atom is -0.492 e. The Morgan fingerprint density at radius 1 is 1.32 bits per heavy atom. The number of carbonyl (C=O) groups is 1. The lowest BCUT2D eigenvalue weighted by molar-refractivity contribution is -0.121. The van der Waals surface area contributed by atoms with Crippen molar-refractivity contribution in [3.05, 3.63) is 28.8 Å². The maximum atomic E-state index is 11.7. The van der Waals surface area contributed by atoms with Crippen LogP contribution in [-0.4, -0.2) is 26.1 Å². The topological polar surface area (TPSA) is 35.5 Å². The highest BCUT2D eigenvalue weighted by Crippen LogP contribution is 2.26. The summed E-state index contributed by atoms with van der Waals surface area (Å²) in [6, 6.07) is 5.48. The van der Waals surface area contributed by atoms with Crippen LogP contribution in [0, 0.1) is 5.92 Å². The molecule has 0 heterocycles. The van der Waals surface area contributed by atoms with E-state index >= 15 is 0 Å². The number of hydrogen-bond donors (Lipinski definition) is 0. The van der Waals surface area contributed by atoms with Gasteiger partial charge in [-0.2, -0.15) is 0 Å². The molecule has 0 N–H and O–H groups in total. The van der Waals surface area contributed by atoms with Gasteiger partial charge in [0.25, 0.3) is 0 Å². The van der Waals surface area contributed by atoms with Crippen molar-refractivity contribution in [1.82, 2.24) is 0 Å². The van der Waals surface area contributed by atoms with Gasteiger partial charge >= 0.3 is 0 Å². The molecule has 0 fully saturated rings. The van der Waals surface area contributed by atoms with Crippen LogP contribution in [0.4, 0.5) is 0 Å². The van der Waals surface area contributed by atoms with Crippen LogP contribution in [0.3, 0.4) is 0 Å². The van der Waals surface area contributed by atoms with Crippen molar-refractivity contribution in [2.45, 2.75) is 26.7 Å². The molecule has 0 amide bonds. The second-order valence-corrected chi connectivity index (χ2v) is 5.16. The number of Topliss-reactive ketones (excluding diaryl/α,β-unsaturated/α-hetero) is 1. The summed E-state index contributed by atoms with van der Waals surface area (Å²) >= 11 is 6.07. The van der Waals surface area contributed by atoms with Gasteiger partial charge in [0.05, 0.1) is 11.6 Å². The SMILES string of the molecule is COCCCOc1cc(CC(=O)C(C)C)ccc1Cl. The van der Waals surface area contributed by atoms with Crippen molar-refractivity contribution in [3.63, 3.8) is 0 Å². The van der Waals surface area contributed by atoms with E-state index in [0.717, 1.165) is 12.0 Å². The number of methoxy groups -OCH3 is 1. The fourth-order valence-electron chi connectivity index (χ4n) is 1.56. The predicted octanol–water partition coefficient (Wildman–Crippen LogP) is 3.52. The average Bonchev–Trinajstić information content (AvgIpc) is 2.38. The Hall–Kier alpha value is -1.06. The molecule has 0 saturated carbocycles. The largest absolute Gasteiger partial charge is 0.492 e. The zero-order valence-electron chi connectivity index (χ0n) is 11.7. The first kappa shape index (κ1) is 16.0. The molecule has 1 aromatic carbocycles. The number of benzene rings is 1. The lowest BCUT2D eigenvalue weighted by atomic mass is 10.0. The quantitative estimate of drug-likeness (QED) is 0.685. The number of hydrogen-bond acceptors (Lipinski definition) is 3. The second kappa shape index (κ2) is 8.18. The van der Waals surface area contributed by atoms with Crippen molar-refractivity contribution in [2.24, 2.45) is 5.92 Å². The Morgan fingerprint density at radius 3 is 2.68 bits per heavy atom. The Labute approximate surface area is 119 Å². The van der Waals surface area contributed by atoms with Crippen molar-refractivity contribution in [3.8, 4) is 5.75 Å². The van der Waals surface area contributed by atoms with Crippen LogP contribution in [0.1, 0.15) is 25.8 Å².